The predicted molar refractivity (Wildman–Crippen MR) is 63.0 cm³/mol. The van der Waals surface area contributed by atoms with E-state index in [1.807, 2.05) is 0 Å². The molecule has 1 atom stereocenters. The molecule has 1 unspecified atom stereocenters. The van der Waals surface area contributed by atoms with Crippen LogP contribution in [0.25, 0.3) is 0 Å². The first-order valence-corrected chi connectivity index (χ1v) is 5.94. The average Bonchev–Trinajstić information content (AvgIpc) is 2.07. The molecule has 0 aromatic rings. The third-order valence-electron chi connectivity index (χ3n) is 3.03. The monoisotopic (exact) mass is 212 g/mol. The molecule has 3 nitrogen and oxygen atoms in total. The maximum atomic E-state index is 11.4. The quantitative estimate of drug-likeness (QED) is 0.720. The Morgan fingerprint density at radius 3 is 2.47 bits per heavy atom. The van der Waals surface area contributed by atoms with Crippen molar-refractivity contribution in [2.45, 2.75) is 45.7 Å². The fourth-order valence-corrected chi connectivity index (χ4v) is 2.22. The van der Waals surface area contributed by atoms with E-state index in [9.17, 15) is 4.79 Å². The van der Waals surface area contributed by atoms with E-state index in [-0.39, 0.29) is 11.8 Å². The van der Waals surface area contributed by atoms with Crippen LogP contribution >= 0.6 is 0 Å². The van der Waals surface area contributed by atoms with Gasteiger partial charge in [-0.15, -0.1) is 0 Å². The highest BCUT2D eigenvalue weighted by molar-refractivity contribution is 5.81. The number of nitrogens with one attached hydrogen (secondary N) is 1. The lowest BCUT2D eigenvalue weighted by molar-refractivity contribution is -0.119. The molecule has 0 aromatic heterocycles. The molecule has 0 spiro atoms. The Bertz CT molecular complexity index is 210. The molecule has 88 valence electrons. The fraction of sp³-hybridized carbons (Fsp3) is 0.917. The van der Waals surface area contributed by atoms with Crippen LogP contribution in [-0.4, -0.2) is 42.9 Å². The molecule has 3 heteroatoms. The minimum atomic E-state index is 0.0657. The largest absolute Gasteiger partial charge is 0.306 e. The summed E-state index contributed by atoms with van der Waals surface area (Å²) in [6.45, 7) is 8.27. The van der Waals surface area contributed by atoms with E-state index in [4.69, 9.17) is 0 Å². The maximum Gasteiger partial charge on any atom is 0.146 e. The first-order chi connectivity index (χ1) is 6.99. The molecule has 1 saturated heterocycles. The zero-order valence-corrected chi connectivity index (χ0v) is 10.4. The van der Waals surface area contributed by atoms with Crippen LogP contribution in [0, 0.1) is 5.92 Å². The molecule has 1 aliphatic heterocycles. The van der Waals surface area contributed by atoms with Gasteiger partial charge in [-0.3, -0.25) is 4.79 Å². The van der Waals surface area contributed by atoms with Gasteiger partial charge in [0.05, 0.1) is 6.04 Å². The van der Waals surface area contributed by atoms with Gasteiger partial charge in [-0.05, 0) is 32.7 Å². The minimum absolute atomic E-state index is 0.0657. The molecule has 0 bridgehead atoms. The van der Waals surface area contributed by atoms with Crippen LogP contribution in [0.15, 0.2) is 0 Å². The van der Waals surface area contributed by atoms with E-state index in [0.29, 0.717) is 6.04 Å². The van der Waals surface area contributed by atoms with Crippen LogP contribution in [0.5, 0.6) is 0 Å². The lowest BCUT2D eigenvalue weighted by Gasteiger charge is -2.37. The Kier molecular flexibility index (Phi) is 4.74. The standard InChI is InChI=1S/C12H24N2O/c1-9(2)13-12(10(3)15)6-5-11-7-14(4)8-11/h9,11-13H,5-8H2,1-4H3. The molecule has 1 heterocycles. The fourth-order valence-electron chi connectivity index (χ4n) is 2.22. The van der Waals surface area contributed by atoms with E-state index >= 15 is 0 Å². The van der Waals surface area contributed by atoms with Crippen molar-refractivity contribution in [1.82, 2.24) is 10.2 Å². The minimum Gasteiger partial charge on any atom is -0.306 e. The van der Waals surface area contributed by atoms with Crippen LogP contribution in [0.4, 0.5) is 0 Å². The summed E-state index contributed by atoms with van der Waals surface area (Å²) in [6, 6.07) is 0.457. The maximum absolute atomic E-state index is 11.4. The molecular formula is C12H24N2O. The number of carbonyl (C=O) groups excluding carboxylic acids is 1. The number of hydrogen-bond donors (Lipinski definition) is 1. The Hall–Kier alpha value is -0.410. The molecule has 0 aliphatic carbocycles. The number of hydrogen-bond acceptors (Lipinski definition) is 3. The normalized spacial score (nSPS) is 20.3. The second-order valence-corrected chi connectivity index (χ2v) is 5.15. The molecule has 0 radical (unpaired) electrons. The van der Waals surface area contributed by atoms with Crippen molar-refractivity contribution in [2.24, 2.45) is 5.92 Å². The van der Waals surface area contributed by atoms with E-state index in [1.165, 1.54) is 19.5 Å². The second kappa shape index (κ2) is 5.61. The van der Waals surface area contributed by atoms with Crippen molar-refractivity contribution in [1.29, 1.82) is 0 Å². The highest BCUT2D eigenvalue weighted by Crippen LogP contribution is 2.19. The summed E-state index contributed by atoms with van der Waals surface area (Å²) in [6.07, 6.45) is 2.17. The molecule has 0 saturated carbocycles. The summed E-state index contributed by atoms with van der Waals surface area (Å²) in [4.78, 5) is 13.7. The van der Waals surface area contributed by atoms with Crippen LogP contribution < -0.4 is 5.32 Å². The molecular weight excluding hydrogens is 188 g/mol. The summed E-state index contributed by atoms with van der Waals surface area (Å²) >= 11 is 0. The van der Waals surface area contributed by atoms with E-state index in [2.05, 4.69) is 31.1 Å². The summed E-state index contributed by atoms with van der Waals surface area (Å²) in [7, 11) is 2.14. The summed E-state index contributed by atoms with van der Waals surface area (Å²) in [5, 5.41) is 3.33. The van der Waals surface area contributed by atoms with Crippen LogP contribution in [-0.2, 0) is 4.79 Å². The molecule has 15 heavy (non-hydrogen) atoms. The van der Waals surface area contributed by atoms with E-state index in [1.54, 1.807) is 6.92 Å². The van der Waals surface area contributed by atoms with Gasteiger partial charge in [0.1, 0.15) is 5.78 Å². The van der Waals surface area contributed by atoms with Crippen LogP contribution in [0.1, 0.15) is 33.6 Å². The first kappa shape index (κ1) is 12.7. The van der Waals surface area contributed by atoms with Gasteiger partial charge in [0.25, 0.3) is 0 Å². The Morgan fingerprint density at radius 2 is 2.07 bits per heavy atom. The van der Waals surface area contributed by atoms with E-state index < -0.39 is 0 Å². The van der Waals surface area contributed by atoms with Gasteiger partial charge < -0.3 is 10.2 Å². The Labute approximate surface area is 93.2 Å². The van der Waals surface area contributed by atoms with Crippen molar-refractivity contribution in [3.05, 3.63) is 0 Å². The van der Waals surface area contributed by atoms with Crippen molar-refractivity contribution in [3.8, 4) is 0 Å². The summed E-state index contributed by atoms with van der Waals surface area (Å²) in [5.41, 5.74) is 0. The lowest BCUT2D eigenvalue weighted by Crippen LogP contribution is -2.45. The number of ketones is 1. The SMILES string of the molecule is CC(=O)C(CCC1CN(C)C1)NC(C)C. The van der Waals surface area contributed by atoms with Gasteiger partial charge in [0.2, 0.25) is 0 Å². The molecule has 1 fully saturated rings. The number of rotatable bonds is 6. The summed E-state index contributed by atoms with van der Waals surface area (Å²) in [5.74, 6) is 1.09. The van der Waals surface area contributed by atoms with Gasteiger partial charge in [0.15, 0.2) is 0 Å². The van der Waals surface area contributed by atoms with E-state index in [0.717, 1.165) is 12.3 Å². The van der Waals surface area contributed by atoms with Gasteiger partial charge in [-0.2, -0.15) is 0 Å². The number of carbonyl (C=O) groups is 1. The van der Waals surface area contributed by atoms with Crippen molar-refractivity contribution >= 4 is 5.78 Å². The van der Waals surface area contributed by atoms with Gasteiger partial charge >= 0.3 is 0 Å². The lowest BCUT2D eigenvalue weighted by atomic mass is 9.92. The zero-order chi connectivity index (χ0) is 11.4. The average molecular weight is 212 g/mol. The molecule has 0 amide bonds. The third kappa shape index (κ3) is 4.31. The number of likely N-dealkylation sites (tertiary alicyclic amines) is 1. The van der Waals surface area contributed by atoms with Gasteiger partial charge in [-0.1, -0.05) is 13.8 Å². The first-order valence-electron chi connectivity index (χ1n) is 5.94. The highest BCUT2D eigenvalue weighted by Gasteiger charge is 2.25. The Morgan fingerprint density at radius 1 is 1.47 bits per heavy atom. The Balaban J connectivity index is 2.22. The number of nitrogens with zero attached hydrogens (tertiary/aromatic N) is 1. The van der Waals surface area contributed by atoms with Crippen molar-refractivity contribution in [3.63, 3.8) is 0 Å². The number of Topliss-reactive ketones (excluding diaryl/α,β-unsaturated/α-hetero) is 1. The predicted octanol–water partition coefficient (Wildman–Crippen LogP) is 1.28. The topological polar surface area (TPSA) is 32.3 Å². The highest BCUT2D eigenvalue weighted by atomic mass is 16.1. The smallest absolute Gasteiger partial charge is 0.146 e. The van der Waals surface area contributed by atoms with Crippen molar-refractivity contribution in [2.75, 3.05) is 20.1 Å². The molecule has 1 rings (SSSR count). The van der Waals surface area contributed by atoms with Gasteiger partial charge in [-0.25, -0.2) is 0 Å². The van der Waals surface area contributed by atoms with Gasteiger partial charge in [0, 0.05) is 19.1 Å². The van der Waals surface area contributed by atoms with Crippen LogP contribution in [0.3, 0.4) is 0 Å². The molecule has 1 N–H and O–H groups in total. The molecule has 1 aliphatic rings. The summed E-state index contributed by atoms with van der Waals surface area (Å²) < 4.78 is 0. The van der Waals surface area contributed by atoms with Crippen LogP contribution in [0.2, 0.25) is 0 Å². The van der Waals surface area contributed by atoms with Crippen molar-refractivity contribution < 1.29 is 4.79 Å². The molecule has 0 aromatic carbocycles. The second-order valence-electron chi connectivity index (χ2n) is 5.15. The zero-order valence-electron chi connectivity index (χ0n) is 10.4. The third-order valence-corrected chi connectivity index (χ3v) is 3.03.